The monoisotopic (exact) mass is 488 g/mol. The number of imide groups is 1. The summed E-state index contributed by atoms with van der Waals surface area (Å²) in [6.45, 7) is 4.44. The molecular formula is C26H31F3N4O2. The first kappa shape index (κ1) is 23.0. The predicted molar refractivity (Wildman–Crippen MR) is 123 cm³/mol. The molecule has 6 aliphatic rings. The number of alkyl halides is 3. The minimum atomic E-state index is -4.37. The van der Waals surface area contributed by atoms with Gasteiger partial charge in [0.05, 0.1) is 17.4 Å². The van der Waals surface area contributed by atoms with Crippen LogP contribution < -0.4 is 4.90 Å². The van der Waals surface area contributed by atoms with Crippen molar-refractivity contribution in [1.29, 1.82) is 0 Å². The van der Waals surface area contributed by atoms with E-state index in [1.54, 1.807) is 4.90 Å². The Hall–Kier alpha value is -2.42. The summed E-state index contributed by atoms with van der Waals surface area (Å²) >= 11 is 0. The van der Waals surface area contributed by atoms with Gasteiger partial charge in [-0.3, -0.25) is 19.4 Å². The van der Waals surface area contributed by atoms with Crippen LogP contribution in [0.5, 0.6) is 0 Å². The topological polar surface area (TPSA) is 56.8 Å². The molecule has 3 heterocycles. The van der Waals surface area contributed by atoms with Crippen LogP contribution in [0.3, 0.4) is 0 Å². The third-order valence-electron chi connectivity index (χ3n) is 9.12. The van der Waals surface area contributed by atoms with Crippen LogP contribution in [0.25, 0.3) is 0 Å². The second kappa shape index (κ2) is 8.61. The van der Waals surface area contributed by atoms with Crippen molar-refractivity contribution in [2.75, 3.05) is 44.2 Å². The van der Waals surface area contributed by atoms with Crippen molar-refractivity contribution in [2.24, 2.45) is 35.5 Å². The van der Waals surface area contributed by atoms with E-state index >= 15 is 0 Å². The molecule has 4 aliphatic carbocycles. The van der Waals surface area contributed by atoms with E-state index < -0.39 is 11.7 Å². The highest BCUT2D eigenvalue weighted by molar-refractivity contribution is 6.06. The third kappa shape index (κ3) is 3.86. The maximum absolute atomic E-state index is 13.1. The van der Waals surface area contributed by atoms with Crippen molar-refractivity contribution in [3.05, 3.63) is 36.0 Å². The van der Waals surface area contributed by atoms with E-state index in [9.17, 15) is 22.8 Å². The van der Waals surface area contributed by atoms with Crippen molar-refractivity contribution < 1.29 is 22.8 Å². The second-order valence-electron chi connectivity index (χ2n) is 10.8. The van der Waals surface area contributed by atoms with Crippen LogP contribution in [-0.2, 0) is 15.8 Å². The maximum Gasteiger partial charge on any atom is 0.417 e. The Bertz CT molecular complexity index is 980. The van der Waals surface area contributed by atoms with E-state index in [1.165, 1.54) is 18.9 Å². The first-order valence-corrected chi connectivity index (χ1v) is 12.9. The van der Waals surface area contributed by atoms with E-state index in [0.717, 1.165) is 44.7 Å². The van der Waals surface area contributed by atoms with Crippen molar-refractivity contribution >= 4 is 17.6 Å². The number of nitrogens with zero attached hydrogens (tertiary/aromatic N) is 4. The van der Waals surface area contributed by atoms with E-state index in [-0.39, 0.29) is 35.5 Å². The molecule has 2 saturated carbocycles. The molecule has 0 radical (unpaired) electrons. The number of hydrogen-bond acceptors (Lipinski definition) is 5. The molecule has 4 fully saturated rings. The number of anilines is 1. The first-order valence-electron chi connectivity index (χ1n) is 12.9. The molecule has 0 spiro atoms. The molecule has 7 rings (SSSR count). The van der Waals surface area contributed by atoms with Crippen LogP contribution in [0, 0.1) is 35.5 Å². The number of carbonyl (C=O) groups is 2. The minimum absolute atomic E-state index is 0.0577. The summed E-state index contributed by atoms with van der Waals surface area (Å²) < 4.78 is 38.2. The molecule has 6 atom stereocenters. The fourth-order valence-corrected chi connectivity index (χ4v) is 7.17. The number of halogens is 3. The number of allylic oxidation sites excluding steroid dienone is 2. The van der Waals surface area contributed by atoms with Crippen molar-refractivity contribution in [3.8, 4) is 0 Å². The first-order chi connectivity index (χ1) is 16.8. The molecule has 1 aromatic heterocycles. The van der Waals surface area contributed by atoms with Crippen LogP contribution in [-0.4, -0.2) is 65.9 Å². The highest BCUT2D eigenvalue weighted by atomic mass is 19.4. The molecule has 2 bridgehead atoms. The van der Waals surface area contributed by atoms with Gasteiger partial charge in [0.15, 0.2) is 0 Å². The Labute approximate surface area is 203 Å². The molecular weight excluding hydrogens is 457 g/mol. The summed E-state index contributed by atoms with van der Waals surface area (Å²) in [6, 6.07) is 2.52. The van der Waals surface area contributed by atoms with E-state index in [0.29, 0.717) is 37.3 Å². The van der Waals surface area contributed by atoms with Crippen LogP contribution in [0.4, 0.5) is 19.0 Å². The molecule has 0 N–H and O–H groups in total. The number of amides is 2. The summed E-state index contributed by atoms with van der Waals surface area (Å²) in [5.41, 5.74) is -0.731. The Morgan fingerprint density at radius 2 is 1.46 bits per heavy atom. The molecule has 2 amide bonds. The highest BCUT2D eigenvalue weighted by Crippen LogP contribution is 2.61. The fraction of sp³-hybridized carbons (Fsp3) is 0.654. The number of pyridine rings is 1. The van der Waals surface area contributed by atoms with Crippen LogP contribution in [0.15, 0.2) is 30.5 Å². The molecule has 35 heavy (non-hydrogen) atoms. The number of hydrogen-bond donors (Lipinski definition) is 0. The SMILES string of the molecule is O=C1C2C3C=CC(C4CCC34)C2C(=O)N1CCCCN1CCN(c2ccc(C(F)(F)F)cn2)CC1. The van der Waals surface area contributed by atoms with Gasteiger partial charge in [-0.25, -0.2) is 4.98 Å². The van der Waals surface area contributed by atoms with Gasteiger partial charge in [-0.1, -0.05) is 12.2 Å². The molecule has 2 aliphatic heterocycles. The average Bonchev–Trinajstić information content (AvgIpc) is 3.08. The number of rotatable bonds is 6. The lowest BCUT2D eigenvalue weighted by molar-refractivity contribution is -0.140. The highest BCUT2D eigenvalue weighted by Gasteiger charge is 2.63. The van der Waals surface area contributed by atoms with E-state index in [4.69, 9.17) is 0 Å². The smallest absolute Gasteiger partial charge is 0.354 e. The molecule has 2 saturated heterocycles. The van der Waals surface area contributed by atoms with E-state index in [2.05, 4.69) is 22.0 Å². The van der Waals surface area contributed by atoms with Crippen molar-refractivity contribution in [2.45, 2.75) is 31.9 Å². The van der Waals surface area contributed by atoms with Gasteiger partial charge in [0.25, 0.3) is 0 Å². The lowest BCUT2D eigenvalue weighted by Gasteiger charge is -2.55. The summed E-state index contributed by atoms with van der Waals surface area (Å²) in [5, 5.41) is 0. The fourth-order valence-electron chi connectivity index (χ4n) is 7.17. The van der Waals surface area contributed by atoms with Gasteiger partial charge in [-0.15, -0.1) is 0 Å². The molecule has 0 aromatic carbocycles. The Balaban J connectivity index is 0.957. The quantitative estimate of drug-likeness (QED) is 0.349. The molecule has 6 unspecified atom stereocenters. The van der Waals surface area contributed by atoms with Gasteiger partial charge in [0, 0.05) is 38.9 Å². The zero-order chi connectivity index (χ0) is 24.3. The standard InChI is InChI=1S/C26H31F3N4O2/c27-26(28,29)16-3-8-21(30-15-16)32-13-11-31(12-14-32)9-1-2-10-33-24(34)22-19-6-7-20(23(22)25(33)35)18-5-4-17(18)19/h3,6-8,15,17-20,22-23H,1-2,4-5,9-14H2. The molecule has 1 aromatic rings. The summed E-state index contributed by atoms with van der Waals surface area (Å²) in [5.74, 6) is 2.20. The van der Waals surface area contributed by atoms with Gasteiger partial charge in [-0.05, 0) is 68.0 Å². The maximum atomic E-state index is 13.1. The van der Waals surface area contributed by atoms with Crippen molar-refractivity contribution in [3.63, 3.8) is 0 Å². The zero-order valence-electron chi connectivity index (χ0n) is 19.7. The lowest BCUT2D eigenvalue weighted by Crippen LogP contribution is -2.53. The van der Waals surface area contributed by atoms with Crippen LogP contribution in [0.2, 0.25) is 0 Å². The average molecular weight is 489 g/mol. The normalized spacial score (nSPS) is 34.3. The third-order valence-corrected chi connectivity index (χ3v) is 9.12. The lowest BCUT2D eigenvalue weighted by atomic mass is 9.47. The molecule has 188 valence electrons. The van der Waals surface area contributed by atoms with Gasteiger partial charge in [0.2, 0.25) is 11.8 Å². The van der Waals surface area contributed by atoms with Gasteiger partial charge >= 0.3 is 6.18 Å². The number of carbonyl (C=O) groups excluding carboxylic acids is 2. The number of likely N-dealkylation sites (tertiary alicyclic amines) is 1. The summed E-state index contributed by atoms with van der Waals surface area (Å²) in [4.78, 5) is 36.2. The molecule has 9 heteroatoms. The van der Waals surface area contributed by atoms with Gasteiger partial charge in [0.1, 0.15) is 5.82 Å². The summed E-state index contributed by atoms with van der Waals surface area (Å²) in [6.07, 6.45) is 5.07. The molecule has 6 nitrogen and oxygen atoms in total. The van der Waals surface area contributed by atoms with Gasteiger partial charge in [-0.2, -0.15) is 13.2 Å². The zero-order valence-corrected chi connectivity index (χ0v) is 19.7. The predicted octanol–water partition coefficient (Wildman–Crippen LogP) is 3.45. The van der Waals surface area contributed by atoms with Crippen LogP contribution in [0.1, 0.15) is 31.2 Å². The van der Waals surface area contributed by atoms with Crippen LogP contribution >= 0.6 is 0 Å². The van der Waals surface area contributed by atoms with E-state index in [1.807, 2.05) is 4.90 Å². The number of aromatic nitrogens is 1. The van der Waals surface area contributed by atoms with Gasteiger partial charge < -0.3 is 4.90 Å². The number of unbranched alkanes of at least 4 members (excludes halogenated alkanes) is 1. The van der Waals surface area contributed by atoms with Crippen molar-refractivity contribution in [1.82, 2.24) is 14.8 Å². The Kier molecular flexibility index (Phi) is 5.66. The minimum Gasteiger partial charge on any atom is -0.354 e. The summed E-state index contributed by atoms with van der Waals surface area (Å²) in [7, 11) is 0. The Morgan fingerprint density at radius 1 is 0.857 bits per heavy atom. The Morgan fingerprint density at radius 3 is 1.97 bits per heavy atom. The number of piperazine rings is 1. The second-order valence-corrected chi connectivity index (χ2v) is 10.8. The largest absolute Gasteiger partial charge is 0.417 e.